The summed E-state index contributed by atoms with van der Waals surface area (Å²) in [6, 6.07) is 9.71. The van der Waals surface area contributed by atoms with Gasteiger partial charge in [-0.05, 0) is 30.9 Å². The molecule has 3 rings (SSSR count). The van der Waals surface area contributed by atoms with Crippen molar-refractivity contribution in [2.45, 2.75) is 32.1 Å². The van der Waals surface area contributed by atoms with Crippen molar-refractivity contribution in [3.63, 3.8) is 0 Å². The molecule has 1 aliphatic carbocycles. The fraction of sp³-hybridized carbons (Fsp3) is 0.333. The van der Waals surface area contributed by atoms with E-state index in [0.717, 1.165) is 29.4 Å². The number of para-hydroxylation sites is 1. The fourth-order valence-electron chi connectivity index (χ4n) is 3.04. The predicted octanol–water partition coefficient (Wildman–Crippen LogP) is 4.31. The maximum Gasteiger partial charge on any atom is 0.251 e. The van der Waals surface area contributed by atoms with Gasteiger partial charge in [0, 0.05) is 17.2 Å². The van der Waals surface area contributed by atoms with Crippen LogP contribution in [0.5, 0.6) is 0 Å². The summed E-state index contributed by atoms with van der Waals surface area (Å²) in [5.74, 6) is 0.265. The summed E-state index contributed by atoms with van der Waals surface area (Å²) < 4.78 is 0. The van der Waals surface area contributed by atoms with Gasteiger partial charge in [-0.1, -0.05) is 44.0 Å². The third-order valence-corrected chi connectivity index (χ3v) is 4.27. The summed E-state index contributed by atoms with van der Waals surface area (Å²) >= 11 is 0. The van der Waals surface area contributed by atoms with E-state index >= 15 is 0 Å². The maximum absolute atomic E-state index is 12.4. The molecule has 0 unspecified atom stereocenters. The van der Waals surface area contributed by atoms with Crippen LogP contribution in [0.4, 0.5) is 5.69 Å². The number of pyridine rings is 1. The van der Waals surface area contributed by atoms with Gasteiger partial charge in [-0.15, -0.1) is 0 Å². The van der Waals surface area contributed by atoms with Crippen LogP contribution in [0.25, 0.3) is 10.9 Å². The Morgan fingerprint density at radius 2 is 1.90 bits per heavy atom. The molecule has 1 N–H and O–H groups in total. The zero-order valence-electron chi connectivity index (χ0n) is 12.1. The Morgan fingerprint density at radius 3 is 2.71 bits per heavy atom. The molecule has 1 saturated carbocycles. The number of nitrogens with zero attached hydrogens (tertiary/aromatic N) is 1. The molecule has 1 amide bonds. The Labute approximate surface area is 125 Å². The highest BCUT2D eigenvalue weighted by Gasteiger charge is 2.21. The van der Waals surface area contributed by atoms with E-state index in [9.17, 15) is 4.79 Å². The molecule has 0 radical (unpaired) electrons. The molecule has 1 aromatic carbocycles. The van der Waals surface area contributed by atoms with Crippen molar-refractivity contribution < 1.29 is 4.79 Å². The smallest absolute Gasteiger partial charge is 0.251 e. The number of rotatable bonds is 3. The lowest BCUT2D eigenvalue weighted by Gasteiger charge is -2.23. The van der Waals surface area contributed by atoms with Crippen LogP contribution < -0.4 is 5.32 Å². The van der Waals surface area contributed by atoms with Crippen molar-refractivity contribution in [2.24, 2.45) is 5.92 Å². The Hall–Kier alpha value is -2.16. The molecule has 0 atom stereocenters. The molecule has 0 spiro atoms. The van der Waals surface area contributed by atoms with Gasteiger partial charge in [0.15, 0.2) is 0 Å². The zero-order chi connectivity index (χ0) is 14.7. The van der Waals surface area contributed by atoms with Crippen LogP contribution in [0.1, 0.15) is 32.1 Å². The molecule has 0 aliphatic heterocycles. The summed E-state index contributed by atoms with van der Waals surface area (Å²) in [6.07, 6.45) is 7.59. The second kappa shape index (κ2) is 6.08. The number of hydrogen-bond donors (Lipinski definition) is 1. The molecule has 0 saturated heterocycles. The summed E-state index contributed by atoms with van der Waals surface area (Å²) in [4.78, 5) is 16.8. The van der Waals surface area contributed by atoms with Crippen molar-refractivity contribution >= 4 is 22.5 Å². The first-order valence-electron chi connectivity index (χ1n) is 7.59. The molecule has 2 aromatic rings. The van der Waals surface area contributed by atoms with Gasteiger partial charge in [-0.2, -0.15) is 0 Å². The first-order valence-corrected chi connectivity index (χ1v) is 7.59. The van der Waals surface area contributed by atoms with Gasteiger partial charge >= 0.3 is 0 Å². The van der Waals surface area contributed by atoms with Crippen LogP contribution in [-0.2, 0) is 4.79 Å². The number of carbonyl (C=O) groups is 1. The lowest BCUT2D eigenvalue weighted by molar-refractivity contribution is -0.113. The second-order valence-electron chi connectivity index (χ2n) is 5.69. The van der Waals surface area contributed by atoms with Crippen molar-refractivity contribution in [3.05, 3.63) is 48.7 Å². The minimum atomic E-state index is -0.0694. The third-order valence-electron chi connectivity index (χ3n) is 4.27. The largest absolute Gasteiger partial charge is 0.320 e. The van der Waals surface area contributed by atoms with Crippen LogP contribution >= 0.6 is 0 Å². The van der Waals surface area contributed by atoms with Crippen LogP contribution in [0.2, 0.25) is 0 Å². The maximum atomic E-state index is 12.4. The zero-order valence-corrected chi connectivity index (χ0v) is 12.1. The van der Waals surface area contributed by atoms with Gasteiger partial charge in [0.05, 0.1) is 11.2 Å². The van der Waals surface area contributed by atoms with Gasteiger partial charge in [0.1, 0.15) is 0 Å². The van der Waals surface area contributed by atoms with Crippen LogP contribution in [0, 0.1) is 5.92 Å². The minimum Gasteiger partial charge on any atom is -0.320 e. The molecule has 21 heavy (non-hydrogen) atoms. The monoisotopic (exact) mass is 280 g/mol. The highest BCUT2D eigenvalue weighted by Crippen LogP contribution is 2.30. The van der Waals surface area contributed by atoms with E-state index < -0.39 is 0 Å². The predicted molar refractivity (Wildman–Crippen MR) is 86.1 cm³/mol. The molecule has 1 fully saturated rings. The number of fused-ring (bicyclic) bond motifs is 1. The molecule has 0 bridgehead atoms. The number of hydrogen-bond acceptors (Lipinski definition) is 2. The van der Waals surface area contributed by atoms with E-state index in [1.807, 2.05) is 30.3 Å². The van der Waals surface area contributed by atoms with E-state index in [1.54, 1.807) is 6.20 Å². The van der Waals surface area contributed by atoms with Crippen molar-refractivity contribution in [1.29, 1.82) is 0 Å². The highest BCUT2D eigenvalue weighted by atomic mass is 16.1. The minimum absolute atomic E-state index is 0.0694. The number of benzene rings is 1. The van der Waals surface area contributed by atoms with Crippen LogP contribution in [0.15, 0.2) is 48.7 Å². The molecule has 3 heteroatoms. The normalized spacial score (nSPS) is 15.8. The van der Waals surface area contributed by atoms with E-state index in [-0.39, 0.29) is 5.91 Å². The average Bonchev–Trinajstić information content (AvgIpc) is 2.55. The number of anilines is 1. The summed E-state index contributed by atoms with van der Waals surface area (Å²) in [5.41, 5.74) is 2.29. The first-order chi connectivity index (χ1) is 10.3. The van der Waals surface area contributed by atoms with E-state index in [1.165, 1.54) is 19.3 Å². The van der Waals surface area contributed by atoms with Crippen molar-refractivity contribution in [2.75, 3.05) is 5.32 Å². The molecule has 1 aliphatic rings. The summed E-state index contributed by atoms with van der Waals surface area (Å²) in [6.45, 7) is 4.02. The average molecular weight is 280 g/mol. The van der Waals surface area contributed by atoms with Crippen molar-refractivity contribution in [1.82, 2.24) is 4.98 Å². The summed E-state index contributed by atoms with van der Waals surface area (Å²) in [7, 11) is 0. The Kier molecular flexibility index (Phi) is 4.00. The number of carbonyl (C=O) groups excluding carboxylic acids is 1. The Balaban J connectivity index is 1.78. The fourth-order valence-corrected chi connectivity index (χ4v) is 3.04. The van der Waals surface area contributed by atoms with E-state index in [4.69, 9.17) is 0 Å². The second-order valence-corrected chi connectivity index (χ2v) is 5.69. The van der Waals surface area contributed by atoms with Crippen molar-refractivity contribution in [3.8, 4) is 0 Å². The van der Waals surface area contributed by atoms with Crippen LogP contribution in [-0.4, -0.2) is 10.9 Å². The highest BCUT2D eigenvalue weighted by molar-refractivity contribution is 6.07. The molecular formula is C18H20N2O. The van der Waals surface area contributed by atoms with Gasteiger partial charge in [-0.25, -0.2) is 0 Å². The topological polar surface area (TPSA) is 42.0 Å². The lowest BCUT2D eigenvalue weighted by atomic mass is 9.84. The molecule has 1 heterocycles. The van der Waals surface area contributed by atoms with E-state index in [0.29, 0.717) is 11.5 Å². The quantitative estimate of drug-likeness (QED) is 0.851. The first kappa shape index (κ1) is 13.8. The molecule has 3 nitrogen and oxygen atoms in total. The number of amides is 1. The molecule has 108 valence electrons. The Morgan fingerprint density at radius 1 is 1.14 bits per heavy atom. The molecule has 1 aromatic heterocycles. The van der Waals surface area contributed by atoms with Gasteiger partial charge in [-0.3, -0.25) is 9.78 Å². The van der Waals surface area contributed by atoms with Gasteiger partial charge in [0.2, 0.25) is 0 Å². The summed E-state index contributed by atoms with van der Waals surface area (Å²) in [5, 5.41) is 4.01. The lowest BCUT2D eigenvalue weighted by Crippen LogP contribution is -2.21. The number of nitrogens with one attached hydrogen (secondary N) is 1. The Bertz CT molecular complexity index is 666. The van der Waals surface area contributed by atoms with E-state index in [2.05, 4.69) is 16.9 Å². The standard InChI is InChI=1S/C18H20N2O/c1-13(14-7-3-2-4-8-14)18(21)20-16-11-5-9-15-10-6-12-19-17(15)16/h5-6,9-12,14H,1-4,7-8H2,(H,20,21). The van der Waals surface area contributed by atoms with Gasteiger partial charge < -0.3 is 5.32 Å². The third kappa shape index (κ3) is 2.97. The molecular weight excluding hydrogens is 260 g/mol. The number of aromatic nitrogens is 1. The van der Waals surface area contributed by atoms with Crippen LogP contribution in [0.3, 0.4) is 0 Å². The van der Waals surface area contributed by atoms with Gasteiger partial charge in [0.25, 0.3) is 5.91 Å². The SMILES string of the molecule is C=C(C(=O)Nc1cccc2cccnc12)C1CCCCC1.